The maximum absolute atomic E-state index is 11.2. The Kier molecular flexibility index (Phi) is 3.58. The summed E-state index contributed by atoms with van der Waals surface area (Å²) in [5, 5.41) is 0. The molecule has 0 radical (unpaired) electrons. The molecule has 0 aliphatic heterocycles. The van der Waals surface area contributed by atoms with Crippen molar-refractivity contribution in [2.45, 2.75) is 6.92 Å². The maximum atomic E-state index is 11.2. The minimum Gasteiger partial charge on any atom is -0.462 e. The lowest BCUT2D eigenvalue weighted by molar-refractivity contribution is 0.00454. The fourth-order valence-corrected chi connectivity index (χ4v) is 0.986. The number of ether oxygens (including phenoxy) is 1. The highest BCUT2D eigenvalue weighted by molar-refractivity contribution is 5.90. The van der Waals surface area contributed by atoms with Crippen LogP contribution >= 0.6 is 0 Å². The predicted octanol–water partition coefficient (Wildman–Crippen LogP) is 1.51. The van der Waals surface area contributed by atoms with Crippen molar-refractivity contribution in [3.63, 3.8) is 0 Å². The third-order valence-electron chi connectivity index (χ3n) is 1.63. The number of nitrogens with zero attached hydrogens (tertiary/aromatic N) is 2. The molecule has 0 atom stereocenters. The van der Waals surface area contributed by atoms with Crippen molar-refractivity contribution in [3.05, 3.63) is 40.9 Å². The van der Waals surface area contributed by atoms with E-state index in [2.05, 4.69) is 4.79 Å². The molecule has 72 valence electrons. The van der Waals surface area contributed by atoms with Crippen molar-refractivity contribution in [3.8, 4) is 0 Å². The SMILES string of the molecule is CCOC(=O)c1ccc(C=[N+]=[N-])cc1. The zero-order valence-corrected chi connectivity index (χ0v) is 7.80. The molecule has 0 heterocycles. The van der Waals surface area contributed by atoms with Crippen LogP contribution < -0.4 is 0 Å². The van der Waals surface area contributed by atoms with Crippen molar-refractivity contribution < 1.29 is 14.3 Å². The monoisotopic (exact) mass is 190 g/mol. The van der Waals surface area contributed by atoms with E-state index < -0.39 is 0 Å². The number of hydrogen-bond donors (Lipinski definition) is 0. The molecule has 0 saturated carbocycles. The van der Waals surface area contributed by atoms with Gasteiger partial charge < -0.3 is 10.3 Å². The molecule has 0 aromatic heterocycles. The number of carbonyl (C=O) groups is 1. The zero-order chi connectivity index (χ0) is 10.4. The Hall–Kier alpha value is -1.93. The fraction of sp³-hybridized carbons (Fsp3) is 0.200. The van der Waals surface area contributed by atoms with E-state index in [-0.39, 0.29) is 5.97 Å². The molecule has 0 N–H and O–H groups in total. The molecule has 0 aliphatic carbocycles. The largest absolute Gasteiger partial charge is 0.462 e. The molecule has 4 heteroatoms. The van der Waals surface area contributed by atoms with Gasteiger partial charge in [0.2, 0.25) is 0 Å². The van der Waals surface area contributed by atoms with Gasteiger partial charge >= 0.3 is 5.97 Å². The van der Waals surface area contributed by atoms with Crippen molar-refractivity contribution >= 4 is 12.2 Å². The summed E-state index contributed by atoms with van der Waals surface area (Å²) in [6.07, 6.45) is 1.29. The number of hydrogen-bond acceptors (Lipinski definition) is 2. The fourth-order valence-electron chi connectivity index (χ4n) is 0.986. The molecule has 4 nitrogen and oxygen atoms in total. The highest BCUT2D eigenvalue weighted by Crippen LogP contribution is 2.03. The van der Waals surface area contributed by atoms with Crippen LogP contribution in [0.4, 0.5) is 0 Å². The smallest absolute Gasteiger partial charge is 0.338 e. The third-order valence-corrected chi connectivity index (χ3v) is 1.63. The van der Waals surface area contributed by atoms with Crippen LogP contribution in [0.2, 0.25) is 0 Å². The van der Waals surface area contributed by atoms with Crippen LogP contribution in [-0.4, -0.2) is 23.6 Å². The third kappa shape index (κ3) is 2.54. The maximum Gasteiger partial charge on any atom is 0.338 e. The summed E-state index contributed by atoms with van der Waals surface area (Å²) in [7, 11) is 0. The minimum absolute atomic E-state index is 0.347. The topological polar surface area (TPSA) is 62.7 Å². The van der Waals surface area contributed by atoms with E-state index in [1.807, 2.05) is 0 Å². The highest BCUT2D eigenvalue weighted by atomic mass is 16.5. The van der Waals surface area contributed by atoms with Crippen LogP contribution in [0.15, 0.2) is 24.3 Å². The van der Waals surface area contributed by atoms with Gasteiger partial charge in [-0.25, -0.2) is 4.79 Å². The summed E-state index contributed by atoms with van der Waals surface area (Å²) in [5.74, 6) is -0.347. The van der Waals surface area contributed by atoms with Crippen LogP contribution in [-0.2, 0) is 4.74 Å². The molecule has 0 saturated heterocycles. The van der Waals surface area contributed by atoms with E-state index in [1.54, 1.807) is 31.2 Å². The first kappa shape index (κ1) is 10.2. The van der Waals surface area contributed by atoms with Gasteiger partial charge in [0.15, 0.2) is 0 Å². The van der Waals surface area contributed by atoms with Crippen molar-refractivity contribution in [2.24, 2.45) is 0 Å². The van der Waals surface area contributed by atoms with E-state index in [4.69, 9.17) is 10.3 Å². The first-order valence-corrected chi connectivity index (χ1v) is 4.22. The van der Waals surface area contributed by atoms with Gasteiger partial charge in [-0.3, -0.25) is 0 Å². The number of benzene rings is 1. The average molecular weight is 190 g/mol. The van der Waals surface area contributed by atoms with Crippen molar-refractivity contribution in [2.75, 3.05) is 6.61 Å². The van der Waals surface area contributed by atoms with Gasteiger partial charge in [0.1, 0.15) is 0 Å². The van der Waals surface area contributed by atoms with Gasteiger partial charge in [-0.1, -0.05) is 0 Å². The summed E-state index contributed by atoms with van der Waals surface area (Å²) in [6.45, 7) is 2.11. The van der Waals surface area contributed by atoms with E-state index in [9.17, 15) is 4.79 Å². The number of esters is 1. The molecule has 14 heavy (non-hydrogen) atoms. The van der Waals surface area contributed by atoms with Crippen molar-refractivity contribution in [1.29, 1.82) is 0 Å². The summed E-state index contributed by atoms with van der Waals surface area (Å²) in [5.41, 5.74) is 9.47. The Morgan fingerprint density at radius 2 is 2.14 bits per heavy atom. The Labute approximate surface area is 81.7 Å². The standard InChI is InChI=1S/C10H10N2O2/c1-2-14-10(13)9-5-3-8(4-6-9)7-12-11/h3-7H,2H2,1H3. The second-order valence-corrected chi connectivity index (χ2v) is 2.59. The molecule has 1 aromatic carbocycles. The van der Waals surface area contributed by atoms with Gasteiger partial charge in [0.05, 0.1) is 17.7 Å². The molecular weight excluding hydrogens is 180 g/mol. The zero-order valence-electron chi connectivity index (χ0n) is 7.80. The minimum atomic E-state index is -0.347. The molecular formula is C10H10N2O2. The van der Waals surface area contributed by atoms with E-state index >= 15 is 0 Å². The quantitative estimate of drug-likeness (QED) is 0.314. The lowest BCUT2D eigenvalue weighted by atomic mass is 10.1. The van der Waals surface area contributed by atoms with Crippen LogP contribution in [0.25, 0.3) is 5.53 Å². The second-order valence-electron chi connectivity index (χ2n) is 2.59. The van der Waals surface area contributed by atoms with Crippen LogP contribution in [0.3, 0.4) is 0 Å². The molecule has 0 fully saturated rings. The lowest BCUT2D eigenvalue weighted by Gasteiger charge is -2.00. The normalized spacial score (nSPS) is 8.93. The first-order valence-electron chi connectivity index (χ1n) is 4.22. The van der Waals surface area contributed by atoms with Gasteiger partial charge in [-0.15, -0.1) is 0 Å². The summed E-state index contributed by atoms with van der Waals surface area (Å²) >= 11 is 0. The molecule has 1 rings (SSSR count). The van der Waals surface area contributed by atoms with E-state index in [0.29, 0.717) is 12.2 Å². The molecule has 0 aliphatic rings. The second kappa shape index (κ2) is 4.94. The molecule has 0 bridgehead atoms. The summed E-state index contributed by atoms with van der Waals surface area (Å²) in [4.78, 5) is 14.1. The Bertz CT molecular complexity index is 364. The van der Waals surface area contributed by atoms with Crippen LogP contribution in [0.5, 0.6) is 0 Å². The highest BCUT2D eigenvalue weighted by Gasteiger charge is 2.05. The Balaban J connectivity index is 2.82. The molecule has 1 aromatic rings. The Morgan fingerprint density at radius 1 is 1.50 bits per heavy atom. The van der Waals surface area contributed by atoms with Crippen molar-refractivity contribution in [1.82, 2.24) is 0 Å². The van der Waals surface area contributed by atoms with E-state index in [0.717, 1.165) is 5.56 Å². The Morgan fingerprint density at radius 3 is 2.64 bits per heavy atom. The summed E-state index contributed by atoms with van der Waals surface area (Å²) in [6, 6.07) is 6.59. The summed E-state index contributed by atoms with van der Waals surface area (Å²) < 4.78 is 4.81. The number of rotatable bonds is 3. The lowest BCUT2D eigenvalue weighted by Crippen LogP contribution is -2.04. The molecule has 0 spiro atoms. The van der Waals surface area contributed by atoms with Crippen LogP contribution in [0.1, 0.15) is 22.8 Å². The van der Waals surface area contributed by atoms with Gasteiger partial charge in [-0.05, 0) is 31.2 Å². The van der Waals surface area contributed by atoms with Crippen LogP contribution in [0, 0.1) is 0 Å². The molecule has 0 amide bonds. The van der Waals surface area contributed by atoms with Gasteiger partial charge in [-0.2, -0.15) is 4.79 Å². The molecule has 0 unspecified atom stereocenters. The number of carbonyl (C=O) groups excluding carboxylic acids is 1. The van der Waals surface area contributed by atoms with Gasteiger partial charge in [0, 0.05) is 0 Å². The van der Waals surface area contributed by atoms with Gasteiger partial charge in [0.25, 0.3) is 6.21 Å². The first-order chi connectivity index (χ1) is 6.77. The van der Waals surface area contributed by atoms with E-state index in [1.165, 1.54) is 6.21 Å². The average Bonchev–Trinajstić information content (AvgIpc) is 2.20. The predicted molar refractivity (Wildman–Crippen MR) is 51.2 cm³/mol.